The van der Waals surface area contributed by atoms with Crippen molar-refractivity contribution in [1.29, 1.82) is 0 Å². The molecule has 10 nitrogen and oxygen atoms in total. The van der Waals surface area contributed by atoms with Gasteiger partial charge in [-0.15, -0.1) is 0 Å². The van der Waals surface area contributed by atoms with Crippen molar-refractivity contribution >= 4 is 27.7 Å². The van der Waals surface area contributed by atoms with E-state index in [-0.39, 0.29) is 37.2 Å². The number of aliphatic hydroxyl groups is 2. The van der Waals surface area contributed by atoms with Crippen LogP contribution in [0.1, 0.15) is 44.7 Å². The summed E-state index contributed by atoms with van der Waals surface area (Å²) >= 11 is 0. The van der Waals surface area contributed by atoms with E-state index in [1.54, 1.807) is 20.8 Å². The average molecular weight is 714 g/mol. The number of aliphatic hydroxyl groups excluding tert-OH is 1. The number of likely N-dealkylation sites (tertiary alicyclic amines) is 1. The average Bonchev–Trinajstić information content (AvgIpc) is 3.37. The number of hydrogen-bond donors (Lipinski definition) is 3. The maximum Gasteiger partial charge on any atom is 0.430 e. The van der Waals surface area contributed by atoms with Gasteiger partial charge in [-0.2, -0.15) is 26.3 Å². The maximum atomic E-state index is 13.9. The Hall–Kier alpha value is -3.64. The number of fused-ring (bicyclic) bond motifs is 1. The van der Waals surface area contributed by atoms with Crippen LogP contribution in [-0.2, 0) is 31.6 Å². The fourth-order valence-electron chi connectivity index (χ4n) is 5.76. The van der Waals surface area contributed by atoms with Crippen molar-refractivity contribution in [3.05, 3.63) is 59.4 Å². The van der Waals surface area contributed by atoms with Crippen molar-refractivity contribution in [2.75, 3.05) is 24.0 Å². The molecule has 2 aromatic carbocycles. The first-order valence-corrected chi connectivity index (χ1v) is 16.1. The lowest BCUT2D eigenvalue weighted by Crippen LogP contribution is -2.54. The van der Waals surface area contributed by atoms with Gasteiger partial charge in [0.25, 0.3) is 15.6 Å². The molecule has 0 saturated carbocycles. The minimum atomic E-state index is -6.18. The van der Waals surface area contributed by atoms with E-state index >= 15 is 0 Å². The number of nitrogens with zero attached hydrogens (tertiary/aromatic N) is 2. The van der Waals surface area contributed by atoms with Crippen molar-refractivity contribution in [3.63, 3.8) is 0 Å². The van der Waals surface area contributed by atoms with E-state index in [1.165, 1.54) is 4.90 Å². The Morgan fingerprint density at radius 2 is 1.58 bits per heavy atom. The monoisotopic (exact) mass is 713 g/mol. The standard InChI is InChI=1S/C30H34F7N3O7S/c1-27(2,3)47-26(43)39-14-18(16-41)23(15-39)38-25(42)13-21-8-4-17-12-19(28(44,29(32,33)34)30(35,36)37)5-11-24(17)40(21)48(45,46)22-9-6-20(31)7-10-22/h5-7,9-12,18,21,23,41,44H,4,8,13-16H2,1-3H3,(H,38,42)/t18-,21-,23+/m0/s1. The Morgan fingerprint density at radius 1 is 0.979 bits per heavy atom. The Bertz CT molecular complexity index is 1610. The highest BCUT2D eigenvalue weighted by atomic mass is 32.2. The molecule has 3 N–H and O–H groups in total. The Balaban J connectivity index is 1.67. The summed E-state index contributed by atoms with van der Waals surface area (Å²) in [4.78, 5) is 26.7. The normalized spacial score (nSPS) is 20.8. The SMILES string of the molecule is CC(C)(C)OC(=O)N1C[C@@H](CO)[C@H](NC(=O)C[C@@H]2CCc3cc(C(O)(C(F)(F)F)C(F)(F)F)ccc3N2S(=O)(=O)c2ccc(F)cc2)C1. The first kappa shape index (κ1) is 37.2. The van der Waals surface area contributed by atoms with E-state index < -0.39 is 92.9 Å². The lowest BCUT2D eigenvalue weighted by molar-refractivity contribution is -0.376. The molecule has 0 bridgehead atoms. The number of carbonyl (C=O) groups excluding carboxylic acids is 2. The molecule has 0 aliphatic carbocycles. The molecule has 2 aliphatic rings. The van der Waals surface area contributed by atoms with Gasteiger partial charge >= 0.3 is 18.4 Å². The molecule has 2 aliphatic heterocycles. The highest BCUT2D eigenvalue weighted by Gasteiger charge is 2.71. The molecule has 0 radical (unpaired) electrons. The minimum Gasteiger partial charge on any atom is -0.444 e. The van der Waals surface area contributed by atoms with Crippen LogP contribution in [0.25, 0.3) is 0 Å². The van der Waals surface area contributed by atoms with Gasteiger partial charge < -0.3 is 25.2 Å². The topological polar surface area (TPSA) is 136 Å². The molecule has 4 rings (SSSR count). The van der Waals surface area contributed by atoms with E-state index in [0.29, 0.717) is 22.5 Å². The van der Waals surface area contributed by atoms with Gasteiger partial charge in [-0.25, -0.2) is 17.6 Å². The zero-order valence-corrected chi connectivity index (χ0v) is 26.7. The van der Waals surface area contributed by atoms with E-state index in [4.69, 9.17) is 4.74 Å². The number of benzene rings is 2. The first-order valence-electron chi connectivity index (χ1n) is 14.7. The van der Waals surface area contributed by atoms with Crippen molar-refractivity contribution in [3.8, 4) is 0 Å². The van der Waals surface area contributed by atoms with Gasteiger partial charge in [0.05, 0.1) is 22.7 Å². The Labute approximate surface area is 271 Å². The molecular formula is C30H34F7N3O7S. The molecule has 48 heavy (non-hydrogen) atoms. The molecule has 0 unspecified atom stereocenters. The second-order valence-electron chi connectivity index (χ2n) is 12.7. The van der Waals surface area contributed by atoms with Gasteiger partial charge in [0.1, 0.15) is 11.4 Å². The van der Waals surface area contributed by atoms with Crippen LogP contribution in [0.3, 0.4) is 0 Å². The van der Waals surface area contributed by atoms with Gasteiger partial charge in [0, 0.05) is 37.6 Å². The Morgan fingerprint density at radius 3 is 2.12 bits per heavy atom. The van der Waals surface area contributed by atoms with Crippen LogP contribution in [0.5, 0.6) is 0 Å². The molecule has 0 aromatic heterocycles. The number of sulfonamides is 1. The number of ether oxygens (including phenoxy) is 1. The number of hydrogen-bond acceptors (Lipinski definition) is 7. The van der Waals surface area contributed by atoms with Crippen molar-refractivity contribution in [1.82, 2.24) is 10.2 Å². The van der Waals surface area contributed by atoms with Gasteiger partial charge in [0.15, 0.2) is 0 Å². The van der Waals surface area contributed by atoms with E-state index in [9.17, 15) is 59.0 Å². The molecule has 2 amide bonds. The molecule has 18 heteroatoms. The first-order chi connectivity index (χ1) is 22.0. The summed E-state index contributed by atoms with van der Waals surface area (Å²) in [5.41, 5.74) is -8.29. The third-order valence-corrected chi connectivity index (χ3v) is 9.98. The zero-order chi connectivity index (χ0) is 36.0. The fourth-order valence-corrected chi connectivity index (χ4v) is 7.47. The molecule has 266 valence electrons. The number of anilines is 1. The lowest BCUT2D eigenvalue weighted by atomic mass is 9.87. The summed E-state index contributed by atoms with van der Waals surface area (Å²) in [7, 11) is -4.70. The van der Waals surface area contributed by atoms with Crippen LogP contribution in [0.15, 0.2) is 47.4 Å². The van der Waals surface area contributed by atoms with Gasteiger partial charge in [-0.1, -0.05) is 12.1 Å². The van der Waals surface area contributed by atoms with Crippen molar-refractivity contribution in [2.45, 2.75) is 80.6 Å². The van der Waals surface area contributed by atoms with Crippen LogP contribution in [-0.4, -0.2) is 85.3 Å². The molecule has 0 spiro atoms. The predicted molar refractivity (Wildman–Crippen MR) is 156 cm³/mol. The number of amides is 2. The van der Waals surface area contributed by atoms with Crippen molar-refractivity contribution < 1.29 is 63.7 Å². The summed E-state index contributed by atoms with van der Waals surface area (Å²) in [6.07, 6.45) is -14.1. The number of aryl methyl sites for hydroxylation is 1. The van der Waals surface area contributed by atoms with Crippen LogP contribution < -0.4 is 9.62 Å². The van der Waals surface area contributed by atoms with Gasteiger partial charge in [-0.3, -0.25) is 9.10 Å². The van der Waals surface area contributed by atoms with Crippen LogP contribution >= 0.6 is 0 Å². The lowest BCUT2D eigenvalue weighted by Gasteiger charge is -2.39. The van der Waals surface area contributed by atoms with Crippen molar-refractivity contribution in [2.24, 2.45) is 5.92 Å². The molecule has 2 heterocycles. The molecular weight excluding hydrogens is 679 g/mol. The number of halogens is 7. The molecule has 2 aromatic rings. The third kappa shape index (κ3) is 7.34. The smallest absolute Gasteiger partial charge is 0.430 e. The molecule has 1 fully saturated rings. The minimum absolute atomic E-state index is 0.0406. The number of alkyl halides is 6. The second-order valence-corrected chi connectivity index (χ2v) is 14.5. The van der Waals surface area contributed by atoms with E-state index in [2.05, 4.69) is 5.32 Å². The highest BCUT2D eigenvalue weighted by Crippen LogP contribution is 2.51. The number of nitrogens with one attached hydrogen (secondary N) is 1. The maximum absolute atomic E-state index is 13.9. The van der Waals surface area contributed by atoms with Crippen LogP contribution in [0.2, 0.25) is 0 Å². The molecule has 1 saturated heterocycles. The van der Waals surface area contributed by atoms with E-state index in [0.717, 1.165) is 24.3 Å². The summed E-state index contributed by atoms with van der Waals surface area (Å²) in [5.74, 6) is -2.12. The fraction of sp³-hybridized carbons (Fsp3) is 0.533. The van der Waals surface area contributed by atoms with Crippen LogP contribution in [0, 0.1) is 11.7 Å². The number of carbonyl (C=O) groups is 2. The van der Waals surface area contributed by atoms with Gasteiger partial charge in [0.2, 0.25) is 5.91 Å². The summed E-state index contributed by atoms with van der Waals surface area (Å²) in [6, 6.07) is 2.92. The summed E-state index contributed by atoms with van der Waals surface area (Å²) in [5, 5.41) is 22.5. The summed E-state index contributed by atoms with van der Waals surface area (Å²) in [6.45, 7) is 4.56. The van der Waals surface area contributed by atoms with Gasteiger partial charge in [-0.05, 0) is 69.5 Å². The zero-order valence-electron chi connectivity index (χ0n) is 25.9. The predicted octanol–water partition coefficient (Wildman–Crippen LogP) is 4.38. The Kier molecular flexibility index (Phi) is 10.1. The molecule has 3 atom stereocenters. The second kappa shape index (κ2) is 13.0. The van der Waals surface area contributed by atoms with E-state index in [1.807, 2.05) is 0 Å². The highest BCUT2D eigenvalue weighted by molar-refractivity contribution is 7.92. The third-order valence-electron chi connectivity index (χ3n) is 8.10. The quantitative estimate of drug-likeness (QED) is 0.363. The largest absolute Gasteiger partial charge is 0.444 e. The summed E-state index contributed by atoms with van der Waals surface area (Å²) < 4.78 is 129. The van der Waals surface area contributed by atoms with Crippen LogP contribution in [0.4, 0.5) is 41.2 Å². The number of rotatable bonds is 7.